The summed E-state index contributed by atoms with van der Waals surface area (Å²) >= 11 is 5.77. The van der Waals surface area contributed by atoms with Crippen LogP contribution in [0.1, 0.15) is 29.2 Å². The van der Waals surface area contributed by atoms with Crippen molar-refractivity contribution in [3.8, 4) is 5.75 Å². The highest BCUT2D eigenvalue weighted by atomic mass is 35.5. The van der Waals surface area contributed by atoms with Gasteiger partial charge >= 0.3 is 0 Å². The van der Waals surface area contributed by atoms with Gasteiger partial charge in [-0.1, -0.05) is 41.9 Å². The SMILES string of the molecule is OC(c1cccc(Cl)c1F)c1cccc2c1OCCC2. The third kappa shape index (κ3) is 2.28. The van der Waals surface area contributed by atoms with Gasteiger partial charge in [-0.3, -0.25) is 0 Å². The smallest absolute Gasteiger partial charge is 0.147 e. The van der Waals surface area contributed by atoms with E-state index in [4.69, 9.17) is 16.3 Å². The number of rotatable bonds is 2. The maximum absolute atomic E-state index is 14.0. The van der Waals surface area contributed by atoms with Gasteiger partial charge in [-0.15, -0.1) is 0 Å². The van der Waals surface area contributed by atoms with Crippen LogP contribution in [0.2, 0.25) is 5.02 Å². The molecule has 0 saturated carbocycles. The molecule has 0 aromatic heterocycles. The summed E-state index contributed by atoms with van der Waals surface area (Å²) in [5, 5.41) is 10.5. The number of aryl methyl sites for hydroxylation is 1. The molecule has 0 aliphatic carbocycles. The van der Waals surface area contributed by atoms with E-state index in [-0.39, 0.29) is 10.6 Å². The molecule has 0 bridgehead atoms. The molecule has 1 heterocycles. The topological polar surface area (TPSA) is 29.5 Å². The molecule has 2 aromatic carbocycles. The van der Waals surface area contributed by atoms with Gasteiger partial charge in [0.2, 0.25) is 0 Å². The van der Waals surface area contributed by atoms with Crippen LogP contribution in [0.5, 0.6) is 5.75 Å². The molecule has 4 heteroatoms. The molecule has 1 unspecified atom stereocenters. The van der Waals surface area contributed by atoms with Gasteiger partial charge in [-0.25, -0.2) is 4.39 Å². The first-order valence-electron chi connectivity index (χ1n) is 6.55. The highest BCUT2D eigenvalue weighted by molar-refractivity contribution is 6.30. The summed E-state index contributed by atoms with van der Waals surface area (Å²) in [5.74, 6) is 0.0840. The molecule has 3 rings (SSSR count). The van der Waals surface area contributed by atoms with Crippen LogP contribution in [0.15, 0.2) is 36.4 Å². The lowest BCUT2D eigenvalue weighted by molar-refractivity contribution is 0.202. The maximum atomic E-state index is 14.0. The Morgan fingerprint density at radius 1 is 1.15 bits per heavy atom. The Kier molecular flexibility index (Phi) is 3.64. The second kappa shape index (κ2) is 5.43. The van der Waals surface area contributed by atoms with E-state index in [1.54, 1.807) is 12.1 Å². The van der Waals surface area contributed by atoms with E-state index in [0.29, 0.717) is 17.9 Å². The first-order chi connectivity index (χ1) is 9.68. The molecule has 0 fully saturated rings. The first kappa shape index (κ1) is 13.4. The van der Waals surface area contributed by atoms with Crippen LogP contribution in [-0.4, -0.2) is 11.7 Å². The molecule has 0 saturated heterocycles. The van der Waals surface area contributed by atoms with E-state index in [1.165, 1.54) is 12.1 Å². The largest absolute Gasteiger partial charge is 0.493 e. The van der Waals surface area contributed by atoms with Crippen LogP contribution in [-0.2, 0) is 6.42 Å². The zero-order valence-electron chi connectivity index (χ0n) is 10.8. The number of hydrogen-bond donors (Lipinski definition) is 1. The fourth-order valence-electron chi connectivity index (χ4n) is 2.53. The predicted octanol–water partition coefficient (Wildman–Crippen LogP) is 3.89. The van der Waals surface area contributed by atoms with Gasteiger partial charge < -0.3 is 9.84 Å². The van der Waals surface area contributed by atoms with E-state index in [0.717, 1.165) is 18.4 Å². The van der Waals surface area contributed by atoms with Gasteiger partial charge in [0, 0.05) is 11.1 Å². The summed E-state index contributed by atoms with van der Waals surface area (Å²) in [6, 6.07) is 10.2. The zero-order valence-corrected chi connectivity index (χ0v) is 11.5. The van der Waals surface area contributed by atoms with E-state index >= 15 is 0 Å². The number of hydrogen-bond acceptors (Lipinski definition) is 2. The van der Waals surface area contributed by atoms with Crippen molar-refractivity contribution in [2.75, 3.05) is 6.61 Å². The van der Waals surface area contributed by atoms with Crippen molar-refractivity contribution >= 4 is 11.6 Å². The van der Waals surface area contributed by atoms with Crippen molar-refractivity contribution < 1.29 is 14.2 Å². The lowest BCUT2D eigenvalue weighted by atomic mass is 9.95. The number of ether oxygens (including phenoxy) is 1. The summed E-state index contributed by atoms with van der Waals surface area (Å²) in [6.07, 6.45) is 0.785. The molecule has 1 aliphatic rings. The molecule has 1 aliphatic heterocycles. The normalized spacial score (nSPS) is 15.3. The maximum Gasteiger partial charge on any atom is 0.147 e. The Labute approximate surface area is 121 Å². The number of halogens is 2. The first-order valence-corrected chi connectivity index (χ1v) is 6.93. The molecule has 104 valence electrons. The van der Waals surface area contributed by atoms with Crippen LogP contribution < -0.4 is 4.74 Å². The van der Waals surface area contributed by atoms with Crippen LogP contribution in [0.25, 0.3) is 0 Å². The Bertz CT molecular complexity index is 642. The number of aliphatic hydroxyl groups is 1. The van der Waals surface area contributed by atoms with Gasteiger partial charge in [0.05, 0.1) is 11.6 Å². The second-order valence-electron chi connectivity index (χ2n) is 4.83. The minimum absolute atomic E-state index is 0.00673. The van der Waals surface area contributed by atoms with E-state index < -0.39 is 11.9 Å². The fourth-order valence-corrected chi connectivity index (χ4v) is 2.71. The molecule has 1 atom stereocenters. The van der Waals surface area contributed by atoms with E-state index in [9.17, 15) is 9.50 Å². The molecular formula is C16H14ClFO2. The molecule has 2 nitrogen and oxygen atoms in total. The molecular weight excluding hydrogens is 279 g/mol. The zero-order chi connectivity index (χ0) is 14.1. The third-order valence-electron chi connectivity index (χ3n) is 3.53. The summed E-state index contributed by atoms with van der Waals surface area (Å²) in [5.41, 5.74) is 1.80. The van der Waals surface area contributed by atoms with Crippen molar-refractivity contribution in [1.82, 2.24) is 0 Å². The lowest BCUT2D eigenvalue weighted by Crippen LogP contribution is -2.13. The Morgan fingerprint density at radius 3 is 2.75 bits per heavy atom. The average Bonchev–Trinajstić information content (AvgIpc) is 2.49. The fraction of sp³-hybridized carbons (Fsp3) is 0.250. The van der Waals surface area contributed by atoms with Gasteiger partial charge in [0.25, 0.3) is 0 Å². The number of aliphatic hydroxyl groups excluding tert-OH is 1. The van der Waals surface area contributed by atoms with Gasteiger partial charge in [-0.05, 0) is 24.5 Å². The average molecular weight is 293 g/mol. The second-order valence-corrected chi connectivity index (χ2v) is 5.24. The van der Waals surface area contributed by atoms with Crippen LogP contribution in [0, 0.1) is 5.82 Å². The Balaban J connectivity index is 2.07. The number of para-hydroxylation sites is 1. The standard InChI is InChI=1S/C16H14ClFO2/c17-13-8-2-6-11(14(13)18)15(19)12-7-1-4-10-5-3-9-20-16(10)12/h1-2,4,6-8,15,19H,3,5,9H2. The van der Waals surface area contributed by atoms with Crippen molar-refractivity contribution in [3.05, 3.63) is 63.9 Å². The Morgan fingerprint density at radius 2 is 1.90 bits per heavy atom. The number of benzene rings is 2. The van der Waals surface area contributed by atoms with Crippen LogP contribution >= 0.6 is 11.6 Å². The van der Waals surface area contributed by atoms with Crippen LogP contribution in [0.4, 0.5) is 4.39 Å². The summed E-state index contributed by atoms with van der Waals surface area (Å²) in [6.45, 7) is 0.620. The third-order valence-corrected chi connectivity index (χ3v) is 3.83. The molecule has 0 amide bonds. The van der Waals surface area contributed by atoms with E-state index in [1.807, 2.05) is 12.1 Å². The minimum atomic E-state index is -1.08. The van der Waals surface area contributed by atoms with Crippen LogP contribution in [0.3, 0.4) is 0 Å². The molecule has 20 heavy (non-hydrogen) atoms. The lowest BCUT2D eigenvalue weighted by Gasteiger charge is -2.23. The minimum Gasteiger partial charge on any atom is -0.493 e. The van der Waals surface area contributed by atoms with Gasteiger partial charge in [0.1, 0.15) is 17.7 Å². The molecule has 0 radical (unpaired) electrons. The highest BCUT2D eigenvalue weighted by Crippen LogP contribution is 2.37. The predicted molar refractivity (Wildman–Crippen MR) is 75.7 cm³/mol. The van der Waals surface area contributed by atoms with Crippen molar-refractivity contribution in [2.24, 2.45) is 0 Å². The molecule has 1 N–H and O–H groups in total. The van der Waals surface area contributed by atoms with E-state index in [2.05, 4.69) is 0 Å². The van der Waals surface area contributed by atoms with Gasteiger partial charge in [0.15, 0.2) is 0 Å². The molecule has 2 aromatic rings. The highest BCUT2D eigenvalue weighted by Gasteiger charge is 2.23. The monoisotopic (exact) mass is 292 g/mol. The summed E-state index contributed by atoms with van der Waals surface area (Å²) < 4.78 is 19.7. The Hall–Kier alpha value is -1.58. The van der Waals surface area contributed by atoms with Crippen molar-refractivity contribution in [3.63, 3.8) is 0 Å². The molecule has 0 spiro atoms. The van der Waals surface area contributed by atoms with Gasteiger partial charge in [-0.2, -0.15) is 0 Å². The van der Waals surface area contributed by atoms with Crippen molar-refractivity contribution in [1.29, 1.82) is 0 Å². The summed E-state index contributed by atoms with van der Waals surface area (Å²) in [7, 11) is 0. The number of fused-ring (bicyclic) bond motifs is 1. The van der Waals surface area contributed by atoms with Crippen molar-refractivity contribution in [2.45, 2.75) is 18.9 Å². The summed E-state index contributed by atoms with van der Waals surface area (Å²) in [4.78, 5) is 0. The quantitative estimate of drug-likeness (QED) is 0.910.